The molecule has 3 rings (SSSR count). The predicted molar refractivity (Wildman–Crippen MR) is 87.0 cm³/mol. The lowest BCUT2D eigenvalue weighted by atomic mass is 9.95. The number of anilines is 1. The number of rotatable bonds is 2. The van der Waals surface area contributed by atoms with Crippen LogP contribution in [0.2, 0.25) is 0 Å². The predicted octanol–water partition coefficient (Wildman–Crippen LogP) is 1.80. The van der Waals surface area contributed by atoms with E-state index in [1.165, 1.54) is 0 Å². The fourth-order valence-electron chi connectivity index (χ4n) is 3.49. The first-order chi connectivity index (χ1) is 11.1. The van der Waals surface area contributed by atoms with Crippen molar-refractivity contribution < 1.29 is 4.79 Å². The van der Waals surface area contributed by atoms with E-state index >= 15 is 0 Å². The number of carbonyl (C=O) groups is 1. The molecular weight excluding hydrogens is 290 g/mol. The number of carbonyl (C=O) groups excluding carboxylic acids is 1. The van der Waals surface area contributed by atoms with Crippen LogP contribution < -0.4 is 4.90 Å². The largest absolute Gasteiger partial charge is 0.354 e. The van der Waals surface area contributed by atoms with Crippen LogP contribution in [0.3, 0.4) is 0 Å². The van der Waals surface area contributed by atoms with Crippen molar-refractivity contribution in [2.24, 2.45) is 5.92 Å². The smallest absolute Gasteiger partial charge is 0.225 e. The van der Waals surface area contributed by atoms with Gasteiger partial charge in [0.2, 0.25) is 5.91 Å². The van der Waals surface area contributed by atoms with Crippen molar-refractivity contribution in [2.45, 2.75) is 39.5 Å². The van der Waals surface area contributed by atoms with Crippen molar-refractivity contribution in [1.82, 2.24) is 15.1 Å². The minimum Gasteiger partial charge on any atom is -0.354 e. The number of hydrogen-bond donors (Lipinski definition) is 0. The molecule has 1 aromatic rings. The van der Waals surface area contributed by atoms with Gasteiger partial charge in [-0.25, -0.2) is 0 Å². The molecule has 23 heavy (non-hydrogen) atoms. The highest BCUT2D eigenvalue weighted by molar-refractivity contribution is 5.79. The lowest BCUT2D eigenvalue weighted by molar-refractivity contribution is -0.135. The van der Waals surface area contributed by atoms with Gasteiger partial charge in [0.05, 0.1) is 5.69 Å². The number of likely N-dealkylation sites (tertiary alicyclic amines) is 1. The lowest BCUT2D eigenvalue weighted by Gasteiger charge is -2.34. The Morgan fingerprint density at radius 3 is 2.39 bits per heavy atom. The van der Waals surface area contributed by atoms with Gasteiger partial charge in [0.15, 0.2) is 5.82 Å². The summed E-state index contributed by atoms with van der Waals surface area (Å²) in [5.41, 5.74) is 2.30. The van der Waals surface area contributed by atoms with Crippen molar-refractivity contribution >= 4 is 11.7 Å². The van der Waals surface area contributed by atoms with Crippen LogP contribution in [-0.2, 0) is 4.79 Å². The van der Waals surface area contributed by atoms with Crippen molar-refractivity contribution in [2.75, 3.05) is 31.1 Å². The summed E-state index contributed by atoms with van der Waals surface area (Å²) in [5.74, 6) is 1.10. The molecule has 0 bridgehead atoms. The molecule has 1 amide bonds. The Kier molecular flexibility index (Phi) is 4.46. The number of nitrogens with zero attached hydrogens (tertiary/aromatic N) is 5. The van der Waals surface area contributed by atoms with Gasteiger partial charge in [-0.1, -0.05) is 0 Å². The molecule has 0 aliphatic carbocycles. The fraction of sp³-hybridized carbons (Fsp3) is 0.647. The minimum absolute atomic E-state index is 0.120. The van der Waals surface area contributed by atoms with E-state index in [0.717, 1.165) is 63.1 Å². The van der Waals surface area contributed by atoms with Gasteiger partial charge in [0, 0.05) is 32.1 Å². The maximum absolute atomic E-state index is 12.5. The minimum atomic E-state index is 0.120. The van der Waals surface area contributed by atoms with Gasteiger partial charge in [-0.3, -0.25) is 4.79 Å². The lowest BCUT2D eigenvalue weighted by Crippen LogP contribution is -2.42. The second kappa shape index (κ2) is 6.53. The third-order valence-electron chi connectivity index (χ3n) is 5.11. The molecule has 0 saturated carbocycles. The molecule has 0 spiro atoms. The van der Waals surface area contributed by atoms with Crippen molar-refractivity contribution in [1.29, 1.82) is 5.26 Å². The third kappa shape index (κ3) is 3.00. The molecule has 1 aromatic heterocycles. The highest BCUT2D eigenvalue weighted by Gasteiger charge is 2.31. The van der Waals surface area contributed by atoms with Crippen molar-refractivity contribution in [3.63, 3.8) is 0 Å². The van der Waals surface area contributed by atoms with Gasteiger partial charge in [-0.15, -0.1) is 5.10 Å². The first-order valence-electron chi connectivity index (χ1n) is 8.39. The Hall–Kier alpha value is -2.16. The van der Waals surface area contributed by atoms with E-state index in [9.17, 15) is 10.1 Å². The van der Waals surface area contributed by atoms with Gasteiger partial charge in [0.25, 0.3) is 0 Å². The summed E-state index contributed by atoms with van der Waals surface area (Å²) in [4.78, 5) is 16.6. The summed E-state index contributed by atoms with van der Waals surface area (Å²) in [6.45, 7) is 7.14. The van der Waals surface area contributed by atoms with E-state index in [4.69, 9.17) is 0 Å². The molecular formula is C17H23N5O. The molecule has 3 heterocycles. The molecule has 122 valence electrons. The molecule has 0 N–H and O–H groups in total. The van der Waals surface area contributed by atoms with Gasteiger partial charge >= 0.3 is 0 Å². The number of hydrogen-bond acceptors (Lipinski definition) is 5. The van der Waals surface area contributed by atoms with Crippen molar-refractivity contribution in [3.05, 3.63) is 16.8 Å². The van der Waals surface area contributed by atoms with Crippen LogP contribution in [-0.4, -0.2) is 47.2 Å². The van der Waals surface area contributed by atoms with Gasteiger partial charge < -0.3 is 9.80 Å². The average Bonchev–Trinajstić information content (AvgIpc) is 3.11. The molecule has 2 fully saturated rings. The van der Waals surface area contributed by atoms with Crippen LogP contribution in [0.25, 0.3) is 0 Å². The standard InChI is InChI=1S/C17H23N5O/c1-12-13(2)19-20-16(15(12)11-18)21-9-5-14(6-10-21)17(23)22-7-3-4-8-22/h14H,3-10H2,1-2H3. The summed E-state index contributed by atoms with van der Waals surface area (Å²) < 4.78 is 0. The zero-order valence-electron chi connectivity index (χ0n) is 13.9. The van der Waals surface area contributed by atoms with Crippen LogP contribution in [0.1, 0.15) is 42.5 Å². The molecule has 2 saturated heterocycles. The van der Waals surface area contributed by atoms with E-state index in [1.807, 2.05) is 18.7 Å². The van der Waals surface area contributed by atoms with E-state index in [0.29, 0.717) is 17.3 Å². The van der Waals surface area contributed by atoms with Gasteiger partial charge in [0.1, 0.15) is 11.6 Å². The molecule has 6 nitrogen and oxygen atoms in total. The number of piperidine rings is 1. The second-order valence-corrected chi connectivity index (χ2v) is 6.51. The van der Waals surface area contributed by atoms with Crippen LogP contribution in [0.5, 0.6) is 0 Å². The molecule has 6 heteroatoms. The maximum Gasteiger partial charge on any atom is 0.225 e. The normalized spacial score (nSPS) is 19.0. The Bertz CT molecular complexity index is 637. The van der Waals surface area contributed by atoms with Crippen LogP contribution in [0.4, 0.5) is 5.82 Å². The molecule has 0 atom stereocenters. The summed E-state index contributed by atoms with van der Waals surface area (Å²) in [6, 6.07) is 2.26. The first kappa shape index (κ1) is 15.7. The third-order valence-corrected chi connectivity index (χ3v) is 5.11. The maximum atomic E-state index is 12.5. The average molecular weight is 313 g/mol. The fourth-order valence-corrected chi connectivity index (χ4v) is 3.49. The SMILES string of the molecule is Cc1nnc(N2CCC(C(=O)N3CCCC3)CC2)c(C#N)c1C. The van der Waals surface area contributed by atoms with Crippen LogP contribution >= 0.6 is 0 Å². The summed E-state index contributed by atoms with van der Waals surface area (Å²) >= 11 is 0. The van der Waals surface area contributed by atoms with E-state index in [-0.39, 0.29) is 5.92 Å². The number of aryl methyl sites for hydroxylation is 1. The van der Waals surface area contributed by atoms with Crippen LogP contribution in [0, 0.1) is 31.1 Å². The highest BCUT2D eigenvalue weighted by atomic mass is 16.2. The second-order valence-electron chi connectivity index (χ2n) is 6.51. The molecule has 0 radical (unpaired) electrons. The number of aromatic nitrogens is 2. The topological polar surface area (TPSA) is 73.1 Å². The molecule has 2 aliphatic heterocycles. The van der Waals surface area contributed by atoms with Crippen molar-refractivity contribution in [3.8, 4) is 6.07 Å². The molecule has 0 unspecified atom stereocenters. The van der Waals surface area contributed by atoms with Gasteiger partial charge in [-0.05, 0) is 45.1 Å². The zero-order valence-corrected chi connectivity index (χ0v) is 13.9. The quantitative estimate of drug-likeness (QED) is 0.832. The van der Waals surface area contributed by atoms with E-state index in [1.54, 1.807) is 0 Å². The van der Waals surface area contributed by atoms with Crippen LogP contribution in [0.15, 0.2) is 0 Å². The Balaban J connectivity index is 1.69. The Morgan fingerprint density at radius 1 is 1.13 bits per heavy atom. The van der Waals surface area contributed by atoms with Gasteiger partial charge in [-0.2, -0.15) is 10.4 Å². The van der Waals surface area contributed by atoms with E-state index < -0.39 is 0 Å². The monoisotopic (exact) mass is 313 g/mol. The highest BCUT2D eigenvalue weighted by Crippen LogP contribution is 2.27. The zero-order chi connectivity index (χ0) is 16.4. The molecule has 2 aliphatic rings. The number of amides is 1. The Morgan fingerprint density at radius 2 is 1.78 bits per heavy atom. The first-order valence-corrected chi connectivity index (χ1v) is 8.39. The summed E-state index contributed by atoms with van der Waals surface area (Å²) in [6.07, 6.45) is 3.92. The molecule has 0 aromatic carbocycles. The summed E-state index contributed by atoms with van der Waals surface area (Å²) in [7, 11) is 0. The number of nitriles is 1. The Labute approximate surface area is 137 Å². The van der Waals surface area contributed by atoms with E-state index in [2.05, 4.69) is 21.2 Å². The summed E-state index contributed by atoms with van der Waals surface area (Å²) in [5, 5.41) is 17.8.